The second kappa shape index (κ2) is 9.94. The molecule has 1 aliphatic heterocycles. The molecule has 0 aromatic heterocycles. The van der Waals surface area contributed by atoms with E-state index in [-0.39, 0.29) is 36.8 Å². The van der Waals surface area contributed by atoms with E-state index in [0.717, 1.165) is 12.1 Å². The molecule has 194 valence electrons. The van der Waals surface area contributed by atoms with Gasteiger partial charge in [0.1, 0.15) is 0 Å². The Balaban J connectivity index is 1.62. The van der Waals surface area contributed by atoms with Crippen LogP contribution in [0.3, 0.4) is 0 Å². The Morgan fingerprint density at radius 3 is 2.24 bits per heavy atom. The fraction of sp³-hybridized carbons (Fsp3) is 0.200. The lowest BCUT2D eigenvalue weighted by Crippen LogP contribution is -2.42. The van der Waals surface area contributed by atoms with Crippen LogP contribution in [-0.4, -0.2) is 28.3 Å². The minimum Gasteiger partial charge on any atom is -0.374 e. The molecule has 3 aromatic rings. The standard InChI is InChI=1S/C25H18Cl3F3N2O3S/c1-14-4-3-5-20(28)22(14)37(2,35)33-23(34)16-8-6-15(7-9-16)21-13-24(36-32-21,25(29,30)31)17-10-18(26)12-19(27)11-17/h3-12H,13H2,1-2H3. The van der Waals surface area contributed by atoms with E-state index >= 15 is 0 Å². The van der Waals surface area contributed by atoms with Gasteiger partial charge >= 0.3 is 6.18 Å². The minimum absolute atomic E-state index is 0.00958. The van der Waals surface area contributed by atoms with Gasteiger partial charge < -0.3 is 4.84 Å². The summed E-state index contributed by atoms with van der Waals surface area (Å²) in [5.74, 6) is -0.763. The molecule has 1 amide bonds. The molecule has 0 radical (unpaired) electrons. The summed E-state index contributed by atoms with van der Waals surface area (Å²) in [5, 5.41) is 3.97. The molecule has 1 aliphatic rings. The molecule has 0 bridgehead atoms. The number of carbonyl (C=O) groups is 1. The molecule has 1 heterocycles. The first-order chi connectivity index (χ1) is 17.2. The van der Waals surface area contributed by atoms with Gasteiger partial charge in [0.15, 0.2) is 0 Å². The summed E-state index contributed by atoms with van der Waals surface area (Å²) in [6.45, 7) is 1.71. The molecule has 0 N–H and O–H groups in total. The van der Waals surface area contributed by atoms with Crippen LogP contribution in [0.15, 0.2) is 75.1 Å². The summed E-state index contributed by atoms with van der Waals surface area (Å²) >= 11 is 18.0. The Morgan fingerprint density at radius 1 is 1.05 bits per heavy atom. The number of amides is 1. The average Bonchev–Trinajstić information content (AvgIpc) is 3.25. The summed E-state index contributed by atoms with van der Waals surface area (Å²) in [5.41, 5.74) is -2.03. The largest absolute Gasteiger partial charge is 0.435 e. The third-order valence-corrected chi connectivity index (χ3v) is 8.46. The molecule has 5 nitrogen and oxygen atoms in total. The Bertz CT molecular complexity index is 1510. The molecule has 37 heavy (non-hydrogen) atoms. The summed E-state index contributed by atoms with van der Waals surface area (Å²) < 4.78 is 59.7. The predicted molar refractivity (Wildman–Crippen MR) is 138 cm³/mol. The monoisotopic (exact) mass is 588 g/mol. The molecule has 0 spiro atoms. The maximum atomic E-state index is 14.2. The first-order valence-electron chi connectivity index (χ1n) is 10.6. The lowest BCUT2D eigenvalue weighted by Gasteiger charge is -2.29. The van der Waals surface area contributed by atoms with Crippen LogP contribution in [-0.2, 0) is 20.2 Å². The molecule has 4 rings (SSSR count). The fourth-order valence-electron chi connectivity index (χ4n) is 4.00. The van der Waals surface area contributed by atoms with E-state index in [1.54, 1.807) is 25.1 Å². The van der Waals surface area contributed by atoms with Crippen LogP contribution >= 0.6 is 34.8 Å². The normalized spacial score (nSPS) is 19.1. The van der Waals surface area contributed by atoms with E-state index in [9.17, 15) is 22.2 Å². The highest BCUT2D eigenvalue weighted by Crippen LogP contribution is 2.49. The van der Waals surface area contributed by atoms with Crippen LogP contribution in [0.1, 0.15) is 33.5 Å². The molecule has 0 saturated heterocycles. The van der Waals surface area contributed by atoms with Crippen LogP contribution < -0.4 is 0 Å². The van der Waals surface area contributed by atoms with E-state index in [1.807, 2.05) is 0 Å². The number of aryl methyl sites for hydroxylation is 1. The van der Waals surface area contributed by atoms with Gasteiger partial charge in [0.05, 0.1) is 25.4 Å². The van der Waals surface area contributed by atoms with Crippen LogP contribution in [0.2, 0.25) is 15.1 Å². The number of hydrogen-bond acceptors (Lipinski definition) is 4. The van der Waals surface area contributed by atoms with E-state index < -0.39 is 33.8 Å². The lowest BCUT2D eigenvalue weighted by atomic mass is 9.86. The molecule has 12 heteroatoms. The third-order valence-electron chi connectivity index (χ3n) is 5.78. The number of carbonyl (C=O) groups excluding carboxylic acids is 1. The minimum atomic E-state index is -4.83. The fourth-order valence-corrected chi connectivity index (χ4v) is 6.79. The van der Waals surface area contributed by atoms with Crippen LogP contribution in [0, 0.1) is 6.92 Å². The van der Waals surface area contributed by atoms with Crippen molar-refractivity contribution in [3.05, 3.63) is 98.0 Å². The average molecular weight is 590 g/mol. The lowest BCUT2D eigenvalue weighted by molar-refractivity contribution is -0.275. The van der Waals surface area contributed by atoms with Crippen LogP contribution in [0.5, 0.6) is 0 Å². The summed E-state index contributed by atoms with van der Waals surface area (Å²) in [4.78, 5) is 18.0. The van der Waals surface area contributed by atoms with E-state index in [2.05, 4.69) is 9.52 Å². The Kier molecular flexibility index (Phi) is 7.38. The Morgan fingerprint density at radius 2 is 1.68 bits per heavy atom. The third kappa shape index (κ3) is 5.36. The zero-order valence-corrected chi connectivity index (χ0v) is 22.4. The van der Waals surface area contributed by atoms with Crippen molar-refractivity contribution in [2.45, 2.75) is 30.0 Å². The van der Waals surface area contributed by atoms with Crippen molar-refractivity contribution in [1.82, 2.24) is 0 Å². The highest BCUT2D eigenvalue weighted by Gasteiger charge is 2.62. The van der Waals surface area contributed by atoms with Crippen LogP contribution in [0.25, 0.3) is 0 Å². The topological polar surface area (TPSA) is 68.1 Å². The number of nitrogens with zero attached hydrogens (tertiary/aromatic N) is 2. The van der Waals surface area contributed by atoms with Gasteiger partial charge in [-0.2, -0.15) is 17.5 Å². The molecule has 0 saturated carbocycles. The summed E-state index contributed by atoms with van der Waals surface area (Å²) in [6.07, 6.45) is -4.16. The first kappa shape index (κ1) is 27.4. The van der Waals surface area contributed by atoms with Crippen molar-refractivity contribution < 1.29 is 27.0 Å². The second-order valence-corrected chi connectivity index (χ2v) is 11.9. The molecule has 2 unspecified atom stereocenters. The molecule has 3 aromatic carbocycles. The van der Waals surface area contributed by atoms with Crippen molar-refractivity contribution in [2.75, 3.05) is 6.26 Å². The van der Waals surface area contributed by atoms with Gasteiger partial charge in [0.2, 0.25) is 0 Å². The quantitative estimate of drug-likeness (QED) is 0.311. The number of rotatable bonds is 4. The van der Waals surface area contributed by atoms with E-state index in [4.69, 9.17) is 39.6 Å². The van der Waals surface area contributed by atoms with Crippen LogP contribution in [0.4, 0.5) is 13.2 Å². The first-order valence-corrected chi connectivity index (χ1v) is 13.7. The molecule has 0 fully saturated rings. The van der Waals surface area contributed by atoms with Crippen molar-refractivity contribution in [1.29, 1.82) is 0 Å². The molecule has 0 aliphatic carbocycles. The van der Waals surface area contributed by atoms with Gasteiger partial charge in [-0.25, -0.2) is 4.21 Å². The maximum absolute atomic E-state index is 14.2. The zero-order valence-electron chi connectivity index (χ0n) is 19.3. The van der Waals surface area contributed by atoms with E-state index in [0.29, 0.717) is 11.1 Å². The molecular weight excluding hydrogens is 572 g/mol. The van der Waals surface area contributed by atoms with Gasteiger partial charge in [-0.3, -0.25) is 4.79 Å². The predicted octanol–water partition coefficient (Wildman–Crippen LogP) is 7.83. The van der Waals surface area contributed by atoms with Crippen molar-refractivity contribution in [3.8, 4) is 0 Å². The van der Waals surface area contributed by atoms with Crippen molar-refractivity contribution in [3.63, 3.8) is 0 Å². The van der Waals surface area contributed by atoms with Crippen molar-refractivity contribution in [2.24, 2.45) is 9.52 Å². The van der Waals surface area contributed by atoms with E-state index in [1.165, 1.54) is 36.6 Å². The van der Waals surface area contributed by atoms with Crippen molar-refractivity contribution >= 4 is 56.2 Å². The van der Waals surface area contributed by atoms with Gasteiger partial charge in [-0.05, 0) is 54.4 Å². The Labute approximate surface area is 226 Å². The highest BCUT2D eigenvalue weighted by molar-refractivity contribution is 7.93. The number of alkyl halides is 3. The van der Waals surface area contributed by atoms with Gasteiger partial charge in [-0.1, -0.05) is 64.2 Å². The number of hydrogen-bond donors (Lipinski definition) is 0. The SMILES string of the molecule is Cc1cccc(Cl)c1S(C)(=O)=NC(=O)c1ccc(C2=NOC(c3cc(Cl)cc(Cl)c3)(C(F)(F)F)C2)cc1. The summed E-state index contributed by atoms with van der Waals surface area (Å²) in [7, 11) is -3.16. The van der Waals surface area contributed by atoms with Gasteiger partial charge in [0.25, 0.3) is 11.5 Å². The number of oxime groups is 1. The number of halogens is 6. The zero-order chi connectivity index (χ0) is 27.2. The molecular formula is C25H18Cl3F3N2O3S. The Hall–Kier alpha value is -2.59. The number of benzene rings is 3. The molecule has 2 atom stereocenters. The smallest absolute Gasteiger partial charge is 0.374 e. The highest BCUT2D eigenvalue weighted by atomic mass is 35.5. The van der Waals surface area contributed by atoms with Gasteiger partial charge in [-0.15, -0.1) is 0 Å². The second-order valence-electron chi connectivity index (χ2n) is 8.45. The van der Waals surface area contributed by atoms with Gasteiger partial charge in [0, 0.05) is 33.8 Å². The summed E-state index contributed by atoms with van der Waals surface area (Å²) in [6, 6.07) is 14.1. The maximum Gasteiger partial charge on any atom is 0.435 e.